The highest BCUT2D eigenvalue weighted by atomic mass is 16.2. The van der Waals surface area contributed by atoms with Crippen LogP contribution in [0.25, 0.3) is 0 Å². The molecule has 2 rings (SSSR count). The third-order valence-corrected chi connectivity index (χ3v) is 4.26. The number of hydrogen-bond acceptors (Lipinski definition) is 2. The van der Waals surface area contributed by atoms with Crippen LogP contribution >= 0.6 is 0 Å². The standard InChI is InChI=1S/C18H27N3O2/c1-21(2)17(22)13-14-9-11-16(12-10-14)20-18(23)19-15-7-5-3-4-6-8-15/h9-12,15H,3-8,13H2,1-2H3,(H2,19,20,23). The van der Waals surface area contributed by atoms with Gasteiger partial charge in [-0.25, -0.2) is 4.79 Å². The lowest BCUT2D eigenvalue weighted by Crippen LogP contribution is -2.37. The van der Waals surface area contributed by atoms with Crippen molar-refractivity contribution < 1.29 is 9.59 Å². The zero-order valence-corrected chi connectivity index (χ0v) is 14.1. The quantitative estimate of drug-likeness (QED) is 0.838. The number of anilines is 1. The van der Waals surface area contributed by atoms with E-state index in [2.05, 4.69) is 10.6 Å². The SMILES string of the molecule is CN(C)C(=O)Cc1ccc(NC(=O)NC2CCCCCC2)cc1. The number of rotatable bonds is 4. The van der Waals surface area contributed by atoms with E-state index in [0.717, 1.165) is 24.1 Å². The normalized spacial score (nSPS) is 15.6. The summed E-state index contributed by atoms with van der Waals surface area (Å²) in [6.45, 7) is 0. The van der Waals surface area contributed by atoms with E-state index in [9.17, 15) is 9.59 Å². The molecule has 0 bridgehead atoms. The van der Waals surface area contributed by atoms with Gasteiger partial charge in [0.1, 0.15) is 0 Å². The third kappa shape index (κ3) is 5.93. The van der Waals surface area contributed by atoms with Crippen molar-refractivity contribution in [3.05, 3.63) is 29.8 Å². The molecule has 5 nitrogen and oxygen atoms in total. The molecular weight excluding hydrogens is 290 g/mol. The van der Waals surface area contributed by atoms with E-state index in [1.807, 2.05) is 24.3 Å². The van der Waals surface area contributed by atoms with Crippen LogP contribution in [0.3, 0.4) is 0 Å². The van der Waals surface area contributed by atoms with Crippen LogP contribution < -0.4 is 10.6 Å². The Bertz CT molecular complexity index is 518. The summed E-state index contributed by atoms with van der Waals surface area (Å²) in [5.74, 6) is 0.0665. The second kappa shape index (κ2) is 8.56. The molecule has 1 aromatic carbocycles. The average Bonchev–Trinajstić information content (AvgIpc) is 2.77. The monoisotopic (exact) mass is 317 g/mol. The summed E-state index contributed by atoms with van der Waals surface area (Å²) in [4.78, 5) is 25.3. The van der Waals surface area contributed by atoms with Crippen LogP contribution in [0.1, 0.15) is 44.1 Å². The topological polar surface area (TPSA) is 61.4 Å². The number of likely N-dealkylation sites (N-methyl/N-ethyl adjacent to an activating group) is 1. The maximum absolute atomic E-state index is 12.1. The summed E-state index contributed by atoms with van der Waals surface area (Å²) in [5.41, 5.74) is 1.69. The molecule has 0 spiro atoms. The number of nitrogens with zero attached hydrogens (tertiary/aromatic N) is 1. The van der Waals surface area contributed by atoms with Gasteiger partial charge in [0, 0.05) is 25.8 Å². The number of carbonyl (C=O) groups is 2. The molecule has 0 radical (unpaired) electrons. The molecule has 126 valence electrons. The fourth-order valence-electron chi connectivity index (χ4n) is 2.81. The first kappa shape index (κ1) is 17.3. The lowest BCUT2D eigenvalue weighted by atomic mass is 10.1. The minimum absolute atomic E-state index is 0.0665. The van der Waals surface area contributed by atoms with Crippen LogP contribution in [-0.4, -0.2) is 37.0 Å². The first-order valence-corrected chi connectivity index (χ1v) is 8.41. The maximum atomic E-state index is 12.1. The Morgan fingerprint density at radius 1 is 1.04 bits per heavy atom. The number of nitrogens with one attached hydrogen (secondary N) is 2. The summed E-state index contributed by atoms with van der Waals surface area (Å²) in [5, 5.41) is 5.93. The van der Waals surface area contributed by atoms with Crippen molar-refractivity contribution in [1.29, 1.82) is 0 Å². The zero-order chi connectivity index (χ0) is 16.7. The van der Waals surface area contributed by atoms with E-state index >= 15 is 0 Å². The predicted molar refractivity (Wildman–Crippen MR) is 92.5 cm³/mol. The van der Waals surface area contributed by atoms with Gasteiger partial charge >= 0.3 is 6.03 Å². The predicted octanol–water partition coefficient (Wildman–Crippen LogP) is 3.16. The summed E-state index contributed by atoms with van der Waals surface area (Å²) in [6, 6.07) is 7.57. The van der Waals surface area contributed by atoms with Crippen molar-refractivity contribution in [3.63, 3.8) is 0 Å². The molecule has 0 unspecified atom stereocenters. The van der Waals surface area contributed by atoms with Crippen molar-refractivity contribution in [2.75, 3.05) is 19.4 Å². The van der Waals surface area contributed by atoms with Crippen molar-refractivity contribution in [2.45, 2.75) is 51.0 Å². The van der Waals surface area contributed by atoms with Crippen molar-refractivity contribution in [1.82, 2.24) is 10.2 Å². The van der Waals surface area contributed by atoms with Crippen molar-refractivity contribution >= 4 is 17.6 Å². The summed E-state index contributed by atoms with van der Waals surface area (Å²) in [7, 11) is 3.49. The summed E-state index contributed by atoms with van der Waals surface area (Å²) >= 11 is 0. The molecule has 0 heterocycles. The molecule has 2 N–H and O–H groups in total. The Hall–Kier alpha value is -2.04. The lowest BCUT2D eigenvalue weighted by molar-refractivity contribution is -0.127. The van der Waals surface area contributed by atoms with Crippen LogP contribution in [-0.2, 0) is 11.2 Å². The minimum Gasteiger partial charge on any atom is -0.349 e. The van der Waals surface area contributed by atoms with E-state index in [4.69, 9.17) is 0 Å². The maximum Gasteiger partial charge on any atom is 0.319 e. The number of urea groups is 1. The van der Waals surface area contributed by atoms with E-state index in [1.165, 1.54) is 25.7 Å². The van der Waals surface area contributed by atoms with E-state index in [1.54, 1.807) is 19.0 Å². The first-order chi connectivity index (χ1) is 11.0. The number of hydrogen-bond donors (Lipinski definition) is 2. The van der Waals surface area contributed by atoms with Crippen molar-refractivity contribution in [3.8, 4) is 0 Å². The molecule has 1 saturated carbocycles. The Kier molecular flexibility index (Phi) is 6.44. The van der Waals surface area contributed by atoms with Gasteiger partial charge in [0.15, 0.2) is 0 Å². The molecule has 1 aliphatic rings. The van der Waals surface area contributed by atoms with E-state index in [-0.39, 0.29) is 18.0 Å². The van der Waals surface area contributed by atoms with Gasteiger partial charge in [0.2, 0.25) is 5.91 Å². The number of carbonyl (C=O) groups excluding carboxylic acids is 2. The highest BCUT2D eigenvalue weighted by molar-refractivity contribution is 5.89. The second-order valence-electron chi connectivity index (χ2n) is 6.45. The highest BCUT2D eigenvalue weighted by Crippen LogP contribution is 2.17. The van der Waals surface area contributed by atoms with Gasteiger partial charge in [-0.15, -0.1) is 0 Å². The Labute approximate surface area is 138 Å². The fourth-order valence-corrected chi connectivity index (χ4v) is 2.81. The number of amides is 3. The lowest BCUT2D eigenvalue weighted by Gasteiger charge is -2.17. The van der Waals surface area contributed by atoms with Crippen LogP contribution in [0.4, 0.5) is 10.5 Å². The summed E-state index contributed by atoms with van der Waals surface area (Å²) in [6.07, 6.45) is 7.44. The number of benzene rings is 1. The van der Waals surface area contributed by atoms with E-state index < -0.39 is 0 Å². The highest BCUT2D eigenvalue weighted by Gasteiger charge is 2.14. The van der Waals surface area contributed by atoms with Gasteiger partial charge < -0.3 is 15.5 Å². The van der Waals surface area contributed by atoms with Crippen LogP contribution in [0.2, 0.25) is 0 Å². The summed E-state index contributed by atoms with van der Waals surface area (Å²) < 4.78 is 0. The van der Waals surface area contributed by atoms with Crippen LogP contribution in [0.15, 0.2) is 24.3 Å². The molecule has 0 aromatic heterocycles. The minimum atomic E-state index is -0.144. The molecule has 1 aliphatic carbocycles. The average molecular weight is 317 g/mol. The molecule has 0 aliphatic heterocycles. The van der Waals surface area contributed by atoms with Gasteiger partial charge in [0.05, 0.1) is 6.42 Å². The van der Waals surface area contributed by atoms with Gasteiger partial charge in [0.25, 0.3) is 0 Å². The molecular formula is C18H27N3O2. The van der Waals surface area contributed by atoms with Gasteiger partial charge in [-0.3, -0.25) is 4.79 Å². The van der Waals surface area contributed by atoms with Crippen LogP contribution in [0.5, 0.6) is 0 Å². The van der Waals surface area contributed by atoms with E-state index in [0.29, 0.717) is 6.42 Å². The Morgan fingerprint density at radius 2 is 1.65 bits per heavy atom. The largest absolute Gasteiger partial charge is 0.349 e. The molecule has 0 saturated heterocycles. The molecule has 1 fully saturated rings. The van der Waals surface area contributed by atoms with Crippen molar-refractivity contribution in [2.24, 2.45) is 0 Å². The zero-order valence-electron chi connectivity index (χ0n) is 14.1. The van der Waals surface area contributed by atoms with Crippen LogP contribution in [0, 0.1) is 0 Å². The first-order valence-electron chi connectivity index (χ1n) is 8.41. The molecule has 1 aromatic rings. The smallest absolute Gasteiger partial charge is 0.319 e. The molecule has 23 heavy (non-hydrogen) atoms. The molecule has 5 heteroatoms. The Morgan fingerprint density at radius 3 is 2.22 bits per heavy atom. The second-order valence-corrected chi connectivity index (χ2v) is 6.45. The fraction of sp³-hybridized carbons (Fsp3) is 0.556. The van der Waals surface area contributed by atoms with Gasteiger partial charge in [-0.2, -0.15) is 0 Å². The molecule has 3 amide bonds. The van der Waals surface area contributed by atoms with Gasteiger partial charge in [-0.05, 0) is 30.5 Å². The molecule has 0 atom stereocenters. The Balaban J connectivity index is 1.82. The van der Waals surface area contributed by atoms with Gasteiger partial charge in [-0.1, -0.05) is 37.8 Å². The third-order valence-electron chi connectivity index (χ3n) is 4.26.